The Kier molecular flexibility index (Phi) is 5.71. The van der Waals surface area contributed by atoms with Crippen molar-refractivity contribution in [3.63, 3.8) is 0 Å². The minimum Gasteiger partial charge on any atom is -0.480 e. The maximum Gasteiger partial charge on any atom is 0.323 e. The van der Waals surface area contributed by atoms with Crippen molar-refractivity contribution in [1.29, 1.82) is 0 Å². The van der Waals surface area contributed by atoms with Gasteiger partial charge in [0.2, 0.25) is 5.91 Å². The van der Waals surface area contributed by atoms with E-state index in [9.17, 15) is 19.1 Å². The molecule has 1 atom stereocenters. The van der Waals surface area contributed by atoms with Crippen LogP contribution in [0.2, 0.25) is 0 Å². The minimum absolute atomic E-state index is 0.0895. The van der Waals surface area contributed by atoms with E-state index in [1.54, 1.807) is 24.0 Å². The molecule has 0 aliphatic carbocycles. The number of benzene rings is 1. The Balaban J connectivity index is 1.81. The Hall–Kier alpha value is -1.95. The van der Waals surface area contributed by atoms with Crippen molar-refractivity contribution in [2.75, 3.05) is 19.6 Å². The van der Waals surface area contributed by atoms with Crippen molar-refractivity contribution in [3.8, 4) is 0 Å². The lowest BCUT2D eigenvalue weighted by molar-refractivity contribution is -0.153. The molecule has 1 unspecified atom stereocenters. The standard InChI is InChI=1S/C17H23FN2O3/c1-17(16(22)23)9-2-3-11-20(17)12-15(21)19-10-8-13-4-6-14(18)7-5-13/h4-7H,2-3,8-12H2,1H3,(H,19,21)(H,22,23). The van der Waals surface area contributed by atoms with E-state index in [1.165, 1.54) is 12.1 Å². The molecule has 1 aromatic rings. The highest BCUT2D eigenvalue weighted by molar-refractivity contribution is 5.82. The number of rotatable bonds is 6. The Morgan fingerprint density at radius 2 is 2.00 bits per heavy atom. The number of piperidine rings is 1. The third-order valence-electron chi connectivity index (χ3n) is 4.48. The van der Waals surface area contributed by atoms with Gasteiger partial charge in [-0.3, -0.25) is 14.5 Å². The quantitative estimate of drug-likeness (QED) is 0.838. The van der Waals surface area contributed by atoms with Gasteiger partial charge >= 0.3 is 5.97 Å². The molecule has 0 radical (unpaired) electrons. The second-order valence-electron chi connectivity index (χ2n) is 6.18. The highest BCUT2D eigenvalue weighted by Crippen LogP contribution is 2.27. The number of carbonyl (C=O) groups excluding carboxylic acids is 1. The zero-order valence-electron chi connectivity index (χ0n) is 13.3. The van der Waals surface area contributed by atoms with Crippen molar-refractivity contribution in [2.45, 2.75) is 38.1 Å². The molecule has 1 amide bonds. The molecule has 1 heterocycles. The summed E-state index contributed by atoms with van der Waals surface area (Å²) >= 11 is 0. The largest absolute Gasteiger partial charge is 0.480 e. The van der Waals surface area contributed by atoms with Crippen LogP contribution in [0.25, 0.3) is 0 Å². The van der Waals surface area contributed by atoms with E-state index in [0.717, 1.165) is 18.4 Å². The summed E-state index contributed by atoms with van der Waals surface area (Å²) in [5.74, 6) is -1.34. The molecule has 1 saturated heterocycles. The van der Waals surface area contributed by atoms with Gasteiger partial charge in [-0.05, 0) is 56.8 Å². The number of carboxylic acids is 1. The van der Waals surface area contributed by atoms with Gasteiger partial charge in [0.25, 0.3) is 0 Å². The van der Waals surface area contributed by atoms with Crippen molar-refractivity contribution in [3.05, 3.63) is 35.6 Å². The summed E-state index contributed by atoms with van der Waals surface area (Å²) in [4.78, 5) is 25.3. The molecule has 1 fully saturated rings. The summed E-state index contributed by atoms with van der Waals surface area (Å²) in [6.07, 6.45) is 2.95. The summed E-state index contributed by atoms with van der Waals surface area (Å²) in [5, 5.41) is 12.2. The number of hydrogen-bond acceptors (Lipinski definition) is 3. The summed E-state index contributed by atoms with van der Waals surface area (Å²) in [7, 11) is 0. The molecule has 2 N–H and O–H groups in total. The molecular formula is C17H23FN2O3. The first-order valence-corrected chi connectivity index (χ1v) is 7.91. The number of amides is 1. The van der Waals surface area contributed by atoms with E-state index in [1.807, 2.05) is 0 Å². The number of hydrogen-bond donors (Lipinski definition) is 2. The fourth-order valence-corrected chi connectivity index (χ4v) is 2.90. The molecule has 0 spiro atoms. The van der Waals surface area contributed by atoms with Gasteiger partial charge in [0.15, 0.2) is 0 Å². The SMILES string of the molecule is CC1(C(=O)O)CCCCN1CC(=O)NCCc1ccc(F)cc1. The van der Waals surface area contributed by atoms with Gasteiger partial charge in [0.1, 0.15) is 11.4 Å². The van der Waals surface area contributed by atoms with Crippen LogP contribution in [0.4, 0.5) is 4.39 Å². The van der Waals surface area contributed by atoms with Crippen LogP contribution in [-0.2, 0) is 16.0 Å². The number of aliphatic carboxylic acids is 1. The zero-order valence-corrected chi connectivity index (χ0v) is 13.3. The molecule has 0 bridgehead atoms. The number of carboxylic acid groups (broad SMARTS) is 1. The number of nitrogens with one attached hydrogen (secondary N) is 1. The highest BCUT2D eigenvalue weighted by Gasteiger charge is 2.41. The Morgan fingerprint density at radius 1 is 1.30 bits per heavy atom. The first-order valence-electron chi connectivity index (χ1n) is 7.91. The fourth-order valence-electron chi connectivity index (χ4n) is 2.90. The van der Waals surface area contributed by atoms with Crippen LogP contribution in [0, 0.1) is 5.82 Å². The molecule has 23 heavy (non-hydrogen) atoms. The van der Waals surface area contributed by atoms with Gasteiger partial charge in [-0.15, -0.1) is 0 Å². The van der Waals surface area contributed by atoms with Crippen LogP contribution < -0.4 is 5.32 Å². The predicted octanol–water partition coefficient (Wildman–Crippen LogP) is 1.81. The average molecular weight is 322 g/mol. The predicted molar refractivity (Wildman–Crippen MR) is 84.6 cm³/mol. The normalized spacial score (nSPS) is 21.8. The topological polar surface area (TPSA) is 69.6 Å². The maximum absolute atomic E-state index is 12.8. The second kappa shape index (κ2) is 7.55. The van der Waals surface area contributed by atoms with Crippen molar-refractivity contribution in [1.82, 2.24) is 10.2 Å². The molecule has 1 aliphatic heterocycles. The maximum atomic E-state index is 12.8. The van der Waals surface area contributed by atoms with Crippen LogP contribution in [-0.4, -0.2) is 47.1 Å². The second-order valence-corrected chi connectivity index (χ2v) is 6.18. The van der Waals surface area contributed by atoms with Gasteiger partial charge < -0.3 is 10.4 Å². The smallest absolute Gasteiger partial charge is 0.323 e. The molecule has 2 rings (SSSR count). The minimum atomic E-state index is -0.966. The van der Waals surface area contributed by atoms with Crippen LogP contribution in [0.1, 0.15) is 31.7 Å². The first-order chi connectivity index (χ1) is 10.9. The number of halogens is 1. The summed E-state index contributed by atoms with van der Waals surface area (Å²) in [5.41, 5.74) is -0.0212. The van der Waals surface area contributed by atoms with Crippen LogP contribution in [0.5, 0.6) is 0 Å². The van der Waals surface area contributed by atoms with E-state index < -0.39 is 11.5 Å². The zero-order chi connectivity index (χ0) is 16.9. The fraction of sp³-hybridized carbons (Fsp3) is 0.529. The molecule has 126 valence electrons. The molecule has 5 nitrogen and oxygen atoms in total. The molecule has 6 heteroatoms. The van der Waals surface area contributed by atoms with Crippen molar-refractivity contribution in [2.24, 2.45) is 0 Å². The van der Waals surface area contributed by atoms with E-state index in [-0.39, 0.29) is 18.3 Å². The molecule has 1 aliphatic rings. The monoisotopic (exact) mass is 322 g/mol. The van der Waals surface area contributed by atoms with E-state index in [0.29, 0.717) is 25.9 Å². The first kappa shape index (κ1) is 17.4. The van der Waals surface area contributed by atoms with Crippen LogP contribution >= 0.6 is 0 Å². The van der Waals surface area contributed by atoms with E-state index >= 15 is 0 Å². The summed E-state index contributed by atoms with van der Waals surface area (Å²) < 4.78 is 12.8. The lowest BCUT2D eigenvalue weighted by atomic mass is 9.88. The van der Waals surface area contributed by atoms with Gasteiger partial charge in [-0.25, -0.2) is 4.39 Å². The molecular weight excluding hydrogens is 299 g/mol. The van der Waals surface area contributed by atoms with Gasteiger partial charge in [0, 0.05) is 6.54 Å². The Labute approximate surface area is 135 Å². The summed E-state index contributed by atoms with van der Waals surface area (Å²) in [6, 6.07) is 6.16. The number of nitrogens with zero attached hydrogens (tertiary/aromatic N) is 1. The third kappa shape index (κ3) is 4.51. The number of likely N-dealkylation sites (tertiary alicyclic amines) is 1. The summed E-state index contributed by atoms with van der Waals surface area (Å²) in [6.45, 7) is 2.84. The van der Waals surface area contributed by atoms with Crippen molar-refractivity contribution >= 4 is 11.9 Å². The average Bonchev–Trinajstić information content (AvgIpc) is 2.51. The number of carbonyl (C=O) groups is 2. The molecule has 0 saturated carbocycles. The lowest BCUT2D eigenvalue weighted by Gasteiger charge is -2.41. The van der Waals surface area contributed by atoms with Crippen molar-refractivity contribution < 1.29 is 19.1 Å². The highest BCUT2D eigenvalue weighted by atomic mass is 19.1. The van der Waals surface area contributed by atoms with Crippen LogP contribution in [0.3, 0.4) is 0 Å². The van der Waals surface area contributed by atoms with E-state index in [2.05, 4.69) is 5.32 Å². The lowest BCUT2D eigenvalue weighted by Crippen LogP contribution is -2.57. The van der Waals surface area contributed by atoms with E-state index in [4.69, 9.17) is 0 Å². The van der Waals surface area contributed by atoms with Gasteiger partial charge in [-0.2, -0.15) is 0 Å². The van der Waals surface area contributed by atoms with Gasteiger partial charge in [-0.1, -0.05) is 12.1 Å². The Bertz CT molecular complexity index is 561. The molecule has 1 aromatic carbocycles. The molecule has 0 aromatic heterocycles. The van der Waals surface area contributed by atoms with Gasteiger partial charge in [0.05, 0.1) is 6.54 Å². The van der Waals surface area contributed by atoms with Crippen LogP contribution in [0.15, 0.2) is 24.3 Å². The third-order valence-corrected chi connectivity index (χ3v) is 4.48. The Morgan fingerprint density at radius 3 is 2.65 bits per heavy atom.